The van der Waals surface area contributed by atoms with Crippen LogP contribution >= 0.6 is 11.6 Å². The molecule has 0 fully saturated rings. The van der Waals surface area contributed by atoms with Gasteiger partial charge in [-0.15, -0.1) is 11.6 Å². The Hall–Kier alpha value is 0.160. The Kier molecular flexibility index (Phi) is 7.52. The van der Waals surface area contributed by atoms with E-state index >= 15 is 0 Å². The van der Waals surface area contributed by atoms with Gasteiger partial charge < -0.3 is 4.74 Å². The molecule has 0 saturated heterocycles. The zero-order valence-corrected chi connectivity index (χ0v) is 11.1. The number of nitrogens with one attached hydrogen (secondary N) is 1. The van der Waals surface area contributed by atoms with Crippen LogP contribution in [0.5, 0.6) is 0 Å². The Morgan fingerprint density at radius 3 is 2.40 bits per heavy atom. The van der Waals surface area contributed by atoms with E-state index in [1.807, 2.05) is 20.8 Å². The highest BCUT2D eigenvalue weighted by Crippen LogP contribution is 2.04. The van der Waals surface area contributed by atoms with Crippen LogP contribution in [0.4, 0.5) is 0 Å². The normalized spacial score (nSPS) is 14.5. The van der Waals surface area contributed by atoms with Gasteiger partial charge >= 0.3 is 0 Å². The average molecular weight is 258 g/mol. The minimum absolute atomic E-state index is 0.0517. The Balaban J connectivity index is 4.27. The van der Waals surface area contributed by atoms with Gasteiger partial charge in [-0.25, -0.2) is 13.1 Å². The summed E-state index contributed by atoms with van der Waals surface area (Å²) < 4.78 is 30.7. The third-order valence-electron chi connectivity index (χ3n) is 1.98. The summed E-state index contributed by atoms with van der Waals surface area (Å²) >= 11 is 5.40. The van der Waals surface area contributed by atoms with Crippen molar-refractivity contribution in [2.75, 3.05) is 24.8 Å². The lowest BCUT2D eigenvalue weighted by atomic mass is 10.1. The molecule has 0 radical (unpaired) electrons. The van der Waals surface area contributed by atoms with Gasteiger partial charge in [-0.2, -0.15) is 0 Å². The second-order valence-corrected chi connectivity index (χ2v) is 5.89. The summed E-state index contributed by atoms with van der Waals surface area (Å²) in [7, 11) is -3.27. The van der Waals surface area contributed by atoms with Gasteiger partial charge in [0.15, 0.2) is 0 Å². The molecule has 0 saturated carbocycles. The Labute approximate surface area is 97.4 Å². The summed E-state index contributed by atoms with van der Waals surface area (Å²) in [6, 6.07) is -0.182. The molecule has 0 aromatic heterocycles. The molecule has 0 amide bonds. The van der Waals surface area contributed by atoms with Crippen molar-refractivity contribution in [1.29, 1.82) is 0 Å². The maximum atomic E-state index is 11.5. The highest BCUT2D eigenvalue weighted by Gasteiger charge is 2.20. The maximum absolute atomic E-state index is 11.5. The Bertz CT molecular complexity index is 254. The van der Waals surface area contributed by atoms with Gasteiger partial charge in [0, 0.05) is 18.5 Å². The molecule has 0 aliphatic carbocycles. The monoisotopic (exact) mass is 257 g/mol. The first kappa shape index (κ1) is 15.2. The summed E-state index contributed by atoms with van der Waals surface area (Å²) in [5.74, 6) is 0.250. The fourth-order valence-corrected chi connectivity index (χ4v) is 2.73. The molecular formula is C9H20ClNO3S. The van der Waals surface area contributed by atoms with Crippen molar-refractivity contribution in [1.82, 2.24) is 4.72 Å². The fraction of sp³-hybridized carbons (Fsp3) is 1.00. The number of hydrogen-bond donors (Lipinski definition) is 1. The predicted molar refractivity (Wildman–Crippen MR) is 62.8 cm³/mol. The van der Waals surface area contributed by atoms with Gasteiger partial charge in [0.25, 0.3) is 0 Å². The van der Waals surface area contributed by atoms with Crippen LogP contribution in [-0.4, -0.2) is 39.3 Å². The SMILES string of the molecule is CCOCC(NS(=O)(=O)CCCl)C(C)C. The van der Waals surface area contributed by atoms with Crippen molar-refractivity contribution in [3.8, 4) is 0 Å². The van der Waals surface area contributed by atoms with Crippen molar-refractivity contribution in [2.24, 2.45) is 5.92 Å². The number of alkyl halides is 1. The van der Waals surface area contributed by atoms with Gasteiger partial charge in [0.1, 0.15) is 0 Å². The lowest BCUT2D eigenvalue weighted by molar-refractivity contribution is 0.116. The Morgan fingerprint density at radius 1 is 1.40 bits per heavy atom. The summed E-state index contributed by atoms with van der Waals surface area (Å²) in [5, 5.41) is 0. The van der Waals surface area contributed by atoms with Crippen LogP contribution in [0.2, 0.25) is 0 Å². The molecule has 15 heavy (non-hydrogen) atoms. The van der Waals surface area contributed by atoms with Crippen molar-refractivity contribution < 1.29 is 13.2 Å². The second kappa shape index (κ2) is 7.44. The molecule has 0 spiro atoms. The van der Waals surface area contributed by atoms with Gasteiger partial charge in [-0.1, -0.05) is 13.8 Å². The highest BCUT2D eigenvalue weighted by atomic mass is 35.5. The summed E-state index contributed by atoms with van der Waals surface area (Å²) in [4.78, 5) is 0. The highest BCUT2D eigenvalue weighted by molar-refractivity contribution is 7.89. The van der Waals surface area contributed by atoms with E-state index in [-0.39, 0.29) is 23.6 Å². The van der Waals surface area contributed by atoms with Gasteiger partial charge in [0.2, 0.25) is 10.0 Å². The van der Waals surface area contributed by atoms with Crippen LogP contribution in [0.15, 0.2) is 0 Å². The fourth-order valence-electron chi connectivity index (χ4n) is 0.999. The number of ether oxygens (including phenoxy) is 1. The van der Waals surface area contributed by atoms with E-state index in [1.165, 1.54) is 0 Å². The largest absolute Gasteiger partial charge is 0.380 e. The van der Waals surface area contributed by atoms with E-state index in [0.29, 0.717) is 13.2 Å². The first-order chi connectivity index (χ1) is 6.93. The lowest BCUT2D eigenvalue weighted by Crippen LogP contribution is -2.43. The Morgan fingerprint density at radius 2 is 2.00 bits per heavy atom. The molecule has 0 aliphatic heterocycles. The van der Waals surface area contributed by atoms with Crippen LogP contribution in [0.1, 0.15) is 20.8 Å². The molecule has 0 aromatic rings. The molecule has 0 bridgehead atoms. The molecule has 0 rings (SSSR count). The molecule has 1 N–H and O–H groups in total. The minimum atomic E-state index is -3.27. The zero-order valence-electron chi connectivity index (χ0n) is 9.49. The number of sulfonamides is 1. The van der Waals surface area contributed by atoms with Gasteiger partial charge in [0.05, 0.1) is 12.4 Å². The van der Waals surface area contributed by atoms with Crippen molar-refractivity contribution in [2.45, 2.75) is 26.8 Å². The van der Waals surface area contributed by atoms with Crippen LogP contribution in [-0.2, 0) is 14.8 Å². The van der Waals surface area contributed by atoms with Crippen LogP contribution in [0.25, 0.3) is 0 Å². The van der Waals surface area contributed by atoms with Crippen LogP contribution in [0, 0.1) is 5.92 Å². The zero-order chi connectivity index (χ0) is 11.9. The molecule has 6 heteroatoms. The maximum Gasteiger partial charge on any atom is 0.213 e. The molecule has 1 atom stereocenters. The van der Waals surface area contributed by atoms with E-state index in [9.17, 15) is 8.42 Å². The van der Waals surface area contributed by atoms with Crippen LogP contribution in [0.3, 0.4) is 0 Å². The lowest BCUT2D eigenvalue weighted by Gasteiger charge is -2.21. The van der Waals surface area contributed by atoms with Crippen molar-refractivity contribution >= 4 is 21.6 Å². The van der Waals surface area contributed by atoms with E-state index in [2.05, 4.69) is 4.72 Å². The molecule has 92 valence electrons. The molecule has 1 unspecified atom stereocenters. The average Bonchev–Trinajstić information content (AvgIpc) is 2.11. The molecular weight excluding hydrogens is 238 g/mol. The smallest absolute Gasteiger partial charge is 0.213 e. The minimum Gasteiger partial charge on any atom is -0.380 e. The van der Waals surface area contributed by atoms with Crippen LogP contribution < -0.4 is 4.72 Å². The molecule has 0 aromatic carbocycles. The predicted octanol–water partition coefficient (Wildman–Crippen LogP) is 1.21. The second-order valence-electron chi connectivity index (χ2n) is 3.64. The molecule has 0 heterocycles. The third-order valence-corrected chi connectivity index (χ3v) is 3.80. The number of hydrogen-bond acceptors (Lipinski definition) is 3. The van der Waals surface area contributed by atoms with Crippen molar-refractivity contribution in [3.63, 3.8) is 0 Å². The van der Waals surface area contributed by atoms with E-state index < -0.39 is 10.0 Å². The first-order valence-corrected chi connectivity index (χ1v) is 7.25. The van der Waals surface area contributed by atoms with Crippen molar-refractivity contribution in [3.05, 3.63) is 0 Å². The molecule has 0 aliphatic rings. The first-order valence-electron chi connectivity index (χ1n) is 5.06. The summed E-state index contributed by atoms with van der Waals surface area (Å²) in [6.07, 6.45) is 0. The summed E-state index contributed by atoms with van der Waals surface area (Å²) in [5.41, 5.74) is 0. The van der Waals surface area contributed by atoms with E-state index in [0.717, 1.165) is 0 Å². The van der Waals surface area contributed by atoms with Gasteiger partial charge in [-0.05, 0) is 12.8 Å². The molecule has 4 nitrogen and oxygen atoms in total. The topological polar surface area (TPSA) is 55.4 Å². The van der Waals surface area contributed by atoms with E-state index in [4.69, 9.17) is 16.3 Å². The number of halogens is 1. The third kappa shape index (κ3) is 7.11. The van der Waals surface area contributed by atoms with Gasteiger partial charge in [-0.3, -0.25) is 0 Å². The quantitative estimate of drug-likeness (QED) is 0.665. The summed E-state index contributed by atoms with van der Waals surface area (Å²) in [6.45, 7) is 6.76. The van der Waals surface area contributed by atoms with E-state index in [1.54, 1.807) is 0 Å². The number of rotatable bonds is 8. The standard InChI is InChI=1S/C9H20ClNO3S/c1-4-14-7-9(8(2)3)11-15(12,13)6-5-10/h8-9,11H,4-7H2,1-3H3.